The number of aryl methyl sites for hydroxylation is 2. The topological polar surface area (TPSA) is 114 Å². The van der Waals surface area contributed by atoms with Gasteiger partial charge in [0.05, 0.1) is 24.1 Å². The number of nitriles is 3. The van der Waals surface area contributed by atoms with Crippen LogP contribution < -0.4 is 0 Å². The van der Waals surface area contributed by atoms with Gasteiger partial charge in [-0.15, -0.1) is 0 Å². The summed E-state index contributed by atoms with van der Waals surface area (Å²) in [4.78, 5) is 0. The van der Waals surface area contributed by atoms with Crippen molar-refractivity contribution >= 4 is 17.5 Å². The molecule has 2 saturated heterocycles. The van der Waals surface area contributed by atoms with E-state index in [-0.39, 0.29) is 0 Å². The lowest BCUT2D eigenvalue weighted by molar-refractivity contribution is -0.288. The zero-order valence-corrected chi connectivity index (χ0v) is 18.0. The first-order valence-corrected chi connectivity index (χ1v) is 10.1. The molecule has 7 heteroatoms. The Morgan fingerprint density at radius 1 is 1.03 bits per heavy atom. The largest absolute Gasteiger partial charge is 0.443 e. The molecule has 0 aromatic heterocycles. The predicted octanol–water partition coefficient (Wildman–Crippen LogP) is 5.07. The number of rotatable bonds is 2. The Kier molecular flexibility index (Phi) is 4.60. The van der Waals surface area contributed by atoms with Crippen molar-refractivity contribution in [1.82, 2.24) is 0 Å². The monoisotopic (exact) mass is 430 g/mol. The van der Waals surface area contributed by atoms with Crippen LogP contribution in [-0.2, 0) is 15.3 Å². The zero-order chi connectivity index (χ0) is 22.6. The van der Waals surface area contributed by atoms with Crippen molar-refractivity contribution < 1.29 is 9.47 Å². The number of nitrogens with one attached hydrogen (secondary N) is 1. The average Bonchev–Trinajstić information content (AvgIpc) is 2.90. The van der Waals surface area contributed by atoms with Crippen LogP contribution in [0.1, 0.15) is 35.3 Å². The molecular weight excluding hydrogens is 412 g/mol. The van der Waals surface area contributed by atoms with Gasteiger partial charge in [0.15, 0.2) is 5.41 Å². The molecule has 2 heterocycles. The summed E-state index contributed by atoms with van der Waals surface area (Å²) in [5.41, 5.74) is -0.875. The molecule has 4 rings (SSSR count). The average molecular weight is 431 g/mol. The standard InChI is InChI=1S/C24H19ClN4O2/c1-14-7-8-19(15(2)9-14)20-22(11-26,12-27)23(13-28)16(3)24(30-20,31-21(23)29)17-5-4-6-18(25)10-17/h4-10,16,20,29H,1-3H3. The summed E-state index contributed by atoms with van der Waals surface area (Å²) in [5.74, 6) is -2.81. The van der Waals surface area contributed by atoms with E-state index in [4.69, 9.17) is 26.5 Å². The lowest BCUT2D eigenvalue weighted by Crippen LogP contribution is -2.57. The number of ether oxygens (including phenoxy) is 2. The summed E-state index contributed by atoms with van der Waals surface area (Å²) in [5, 5.41) is 40.0. The van der Waals surface area contributed by atoms with Gasteiger partial charge in [0.2, 0.25) is 17.1 Å². The molecular formula is C24H19ClN4O2. The molecule has 0 spiro atoms. The Labute approximate surface area is 185 Å². The Morgan fingerprint density at radius 2 is 1.74 bits per heavy atom. The highest BCUT2D eigenvalue weighted by molar-refractivity contribution is 6.30. The van der Waals surface area contributed by atoms with E-state index in [1.54, 1.807) is 37.3 Å². The minimum atomic E-state index is -1.99. The molecule has 0 radical (unpaired) electrons. The number of nitrogens with zero attached hydrogens (tertiary/aromatic N) is 3. The summed E-state index contributed by atoms with van der Waals surface area (Å²) in [7, 11) is 0. The fourth-order valence-electron chi connectivity index (χ4n) is 4.97. The second-order valence-electron chi connectivity index (χ2n) is 8.14. The van der Waals surface area contributed by atoms with Crippen molar-refractivity contribution in [3.8, 4) is 18.2 Å². The normalized spacial score (nSPS) is 30.5. The van der Waals surface area contributed by atoms with Gasteiger partial charge in [0.25, 0.3) is 0 Å². The van der Waals surface area contributed by atoms with E-state index >= 15 is 0 Å². The van der Waals surface area contributed by atoms with Crippen molar-refractivity contribution in [3.63, 3.8) is 0 Å². The maximum atomic E-state index is 10.3. The first-order valence-electron chi connectivity index (χ1n) is 9.75. The third-order valence-electron chi connectivity index (χ3n) is 6.60. The second kappa shape index (κ2) is 6.82. The molecule has 2 bridgehead atoms. The molecule has 31 heavy (non-hydrogen) atoms. The van der Waals surface area contributed by atoms with Crippen LogP contribution in [-0.4, -0.2) is 5.90 Å². The highest BCUT2D eigenvalue weighted by atomic mass is 35.5. The molecule has 4 atom stereocenters. The predicted molar refractivity (Wildman–Crippen MR) is 113 cm³/mol. The lowest BCUT2D eigenvalue weighted by atomic mass is 9.53. The summed E-state index contributed by atoms with van der Waals surface area (Å²) < 4.78 is 12.5. The maximum Gasteiger partial charge on any atom is 0.244 e. The first kappa shape index (κ1) is 20.9. The van der Waals surface area contributed by atoms with Gasteiger partial charge in [-0.2, -0.15) is 15.8 Å². The molecule has 2 aromatic rings. The first-order chi connectivity index (χ1) is 14.7. The van der Waals surface area contributed by atoms with E-state index in [0.717, 1.165) is 11.1 Å². The minimum absolute atomic E-state index is 0.438. The minimum Gasteiger partial charge on any atom is -0.443 e. The van der Waals surface area contributed by atoms with Crippen molar-refractivity contribution in [2.75, 3.05) is 0 Å². The molecule has 0 aliphatic carbocycles. The molecule has 4 unspecified atom stereocenters. The van der Waals surface area contributed by atoms with Crippen molar-refractivity contribution in [2.24, 2.45) is 16.7 Å². The molecule has 1 N–H and O–H groups in total. The zero-order valence-electron chi connectivity index (χ0n) is 17.2. The van der Waals surface area contributed by atoms with Crippen LogP contribution in [0, 0.1) is 70.0 Å². The highest BCUT2D eigenvalue weighted by Crippen LogP contribution is 2.69. The van der Waals surface area contributed by atoms with Gasteiger partial charge in [-0.05, 0) is 37.1 Å². The van der Waals surface area contributed by atoms with E-state index in [0.29, 0.717) is 16.1 Å². The third kappa shape index (κ3) is 2.42. The maximum absolute atomic E-state index is 10.3. The summed E-state index contributed by atoms with van der Waals surface area (Å²) in [6.45, 7) is 5.48. The third-order valence-corrected chi connectivity index (χ3v) is 6.84. The molecule has 0 saturated carbocycles. The molecule has 2 fully saturated rings. The Morgan fingerprint density at radius 3 is 2.32 bits per heavy atom. The lowest BCUT2D eigenvalue weighted by Gasteiger charge is -2.49. The fourth-order valence-corrected chi connectivity index (χ4v) is 5.16. The van der Waals surface area contributed by atoms with Crippen LogP contribution in [0.3, 0.4) is 0 Å². The molecule has 2 aromatic carbocycles. The molecule has 154 valence electrons. The summed E-state index contributed by atoms with van der Waals surface area (Å²) in [6, 6.07) is 18.7. The van der Waals surface area contributed by atoms with E-state index < -0.39 is 34.5 Å². The van der Waals surface area contributed by atoms with Gasteiger partial charge >= 0.3 is 0 Å². The molecule has 2 aliphatic rings. The van der Waals surface area contributed by atoms with E-state index in [9.17, 15) is 15.8 Å². The van der Waals surface area contributed by atoms with Crippen LogP contribution >= 0.6 is 11.6 Å². The van der Waals surface area contributed by atoms with Crippen molar-refractivity contribution in [1.29, 1.82) is 21.2 Å². The number of hydrogen-bond donors (Lipinski definition) is 1. The fraction of sp³-hybridized carbons (Fsp3) is 0.333. The molecule has 2 aliphatic heterocycles. The SMILES string of the molecule is Cc1ccc(C2OC3(c4cccc(Cl)c4)OC(=N)C(C#N)(C3C)C2(C#N)C#N)c(C)c1. The van der Waals surface area contributed by atoms with Crippen LogP contribution in [0.15, 0.2) is 42.5 Å². The van der Waals surface area contributed by atoms with Gasteiger partial charge in [-0.25, -0.2) is 0 Å². The number of fused-ring (bicyclic) bond motifs is 2. The Hall–Kier alpha value is -3.37. The highest BCUT2D eigenvalue weighted by Gasteiger charge is 2.79. The smallest absolute Gasteiger partial charge is 0.244 e. The van der Waals surface area contributed by atoms with Gasteiger partial charge in [-0.3, -0.25) is 5.41 Å². The van der Waals surface area contributed by atoms with Gasteiger partial charge < -0.3 is 9.47 Å². The van der Waals surface area contributed by atoms with Crippen LogP contribution in [0.2, 0.25) is 5.02 Å². The van der Waals surface area contributed by atoms with Crippen molar-refractivity contribution in [2.45, 2.75) is 32.7 Å². The van der Waals surface area contributed by atoms with Gasteiger partial charge in [0, 0.05) is 10.6 Å². The molecule has 6 nitrogen and oxygen atoms in total. The van der Waals surface area contributed by atoms with Crippen LogP contribution in [0.25, 0.3) is 0 Å². The van der Waals surface area contributed by atoms with Crippen LogP contribution in [0.5, 0.6) is 0 Å². The summed E-state index contributed by atoms with van der Waals surface area (Å²) >= 11 is 6.22. The number of halogens is 1. The number of hydrogen-bond acceptors (Lipinski definition) is 6. The Bertz CT molecular complexity index is 1220. The van der Waals surface area contributed by atoms with Crippen LogP contribution in [0.4, 0.5) is 0 Å². The van der Waals surface area contributed by atoms with E-state index in [2.05, 4.69) is 18.2 Å². The van der Waals surface area contributed by atoms with Crippen molar-refractivity contribution in [3.05, 3.63) is 69.7 Å². The van der Waals surface area contributed by atoms with Gasteiger partial charge in [0.1, 0.15) is 6.10 Å². The van der Waals surface area contributed by atoms with Gasteiger partial charge in [-0.1, -0.05) is 54.4 Å². The van der Waals surface area contributed by atoms with E-state index in [1.807, 2.05) is 26.0 Å². The number of benzene rings is 2. The summed E-state index contributed by atoms with van der Waals surface area (Å²) in [6.07, 6.45) is -1.12. The molecule has 0 amide bonds. The van der Waals surface area contributed by atoms with E-state index in [1.165, 1.54) is 0 Å². The quantitative estimate of drug-likeness (QED) is 0.714. The second-order valence-corrected chi connectivity index (χ2v) is 8.58. The Balaban J connectivity index is 2.07.